The molecule has 294 valence electrons. The maximum Gasteiger partial charge on any atom is 0.306 e. The Labute approximate surface area is 305 Å². The van der Waals surface area contributed by atoms with E-state index in [-0.39, 0.29) is 47.4 Å². The molecule has 18 atom stereocenters. The maximum absolute atomic E-state index is 14.7. The topological polar surface area (TPSA) is 197 Å². The van der Waals surface area contributed by atoms with Crippen LogP contribution in [0.3, 0.4) is 0 Å². The predicted molar refractivity (Wildman–Crippen MR) is 179 cm³/mol. The van der Waals surface area contributed by atoms with Gasteiger partial charge < -0.3 is 53.6 Å². The lowest BCUT2D eigenvalue weighted by Crippen LogP contribution is -2.67. The molecule has 4 saturated carbocycles. The van der Waals surface area contributed by atoms with E-state index in [0.29, 0.717) is 25.2 Å². The minimum Gasteiger partial charge on any atom is -0.465 e. The number of hydrogen-bond acceptors (Lipinski definition) is 14. The summed E-state index contributed by atoms with van der Waals surface area (Å²) in [4.78, 5) is 39.4. The van der Waals surface area contributed by atoms with Crippen LogP contribution in [0.2, 0.25) is 0 Å². The number of hydrogen-bond donors (Lipinski definition) is 4. The summed E-state index contributed by atoms with van der Waals surface area (Å²) in [6.45, 7) is 7.46. The van der Waals surface area contributed by atoms with Crippen molar-refractivity contribution in [1.29, 1.82) is 0 Å². The van der Waals surface area contributed by atoms with Gasteiger partial charge in [-0.2, -0.15) is 0 Å². The monoisotopic (exact) mass is 738 g/mol. The number of rotatable bonds is 8. The number of esters is 2. The summed E-state index contributed by atoms with van der Waals surface area (Å²) in [6.07, 6.45) is -3.76. The Balaban J connectivity index is 1.05. The summed E-state index contributed by atoms with van der Waals surface area (Å²) in [6, 6.07) is 0. The average Bonchev–Trinajstić information content (AvgIpc) is 3.53. The van der Waals surface area contributed by atoms with Gasteiger partial charge in [0.05, 0.1) is 37.9 Å². The Morgan fingerprint density at radius 1 is 0.885 bits per heavy atom. The number of Topliss-reactive ketones (excluding diaryl/α,β-unsaturated/α-hetero) is 1. The van der Waals surface area contributed by atoms with Crippen LogP contribution in [-0.2, 0) is 47.5 Å². The fourth-order valence-electron chi connectivity index (χ4n) is 12.2. The molecule has 4 aliphatic carbocycles. The second-order valence-corrected chi connectivity index (χ2v) is 17.3. The molecule has 52 heavy (non-hydrogen) atoms. The summed E-state index contributed by atoms with van der Waals surface area (Å²) in [7, 11) is 1.53. The first-order valence-electron chi connectivity index (χ1n) is 19.3. The van der Waals surface area contributed by atoms with Crippen LogP contribution in [0, 0.1) is 39.9 Å². The van der Waals surface area contributed by atoms with Crippen molar-refractivity contribution < 1.29 is 68.0 Å². The number of ether oxygens (including phenoxy) is 7. The van der Waals surface area contributed by atoms with E-state index in [4.69, 9.17) is 33.2 Å². The summed E-state index contributed by atoms with van der Waals surface area (Å²) in [5.41, 5.74) is -1.13. The lowest BCUT2D eigenvalue weighted by atomic mass is 9.36. The first-order valence-corrected chi connectivity index (χ1v) is 19.3. The molecule has 0 unspecified atom stereocenters. The largest absolute Gasteiger partial charge is 0.465 e. The van der Waals surface area contributed by atoms with Crippen molar-refractivity contribution in [3.8, 4) is 0 Å². The average molecular weight is 739 g/mol. The van der Waals surface area contributed by atoms with Gasteiger partial charge >= 0.3 is 11.9 Å². The van der Waals surface area contributed by atoms with Crippen molar-refractivity contribution in [3.63, 3.8) is 0 Å². The van der Waals surface area contributed by atoms with Crippen LogP contribution in [0.1, 0.15) is 91.9 Å². The highest BCUT2D eigenvalue weighted by atomic mass is 16.7. The van der Waals surface area contributed by atoms with Gasteiger partial charge in [-0.05, 0) is 75.5 Å². The quantitative estimate of drug-likeness (QED) is 0.208. The zero-order valence-electron chi connectivity index (χ0n) is 31.0. The van der Waals surface area contributed by atoms with E-state index in [2.05, 4.69) is 13.8 Å². The van der Waals surface area contributed by atoms with Crippen LogP contribution < -0.4 is 0 Å². The maximum atomic E-state index is 14.7. The molecule has 3 aliphatic heterocycles. The van der Waals surface area contributed by atoms with Gasteiger partial charge in [-0.25, -0.2) is 0 Å². The minimum atomic E-state index is -1.58. The molecule has 14 nitrogen and oxygen atoms in total. The lowest BCUT2D eigenvalue weighted by Gasteiger charge is -2.67. The van der Waals surface area contributed by atoms with Crippen LogP contribution in [0.25, 0.3) is 0 Å². The van der Waals surface area contributed by atoms with Gasteiger partial charge in [-0.3, -0.25) is 14.4 Å². The Morgan fingerprint density at radius 2 is 1.62 bits per heavy atom. The number of cyclic esters (lactones) is 1. The summed E-state index contributed by atoms with van der Waals surface area (Å²) < 4.78 is 41.9. The molecule has 1 spiro atoms. The summed E-state index contributed by atoms with van der Waals surface area (Å²) >= 11 is 0. The third-order valence-corrected chi connectivity index (χ3v) is 14.7. The SMILES string of the molecule is CO[C@@H]1C[C@H](O[C@H]2CC[C@@]3(C)[C@@H]4CC[C@@]5(C)C(=O)[C@]4(CC[C@H]3[C@@H]2OC(C)=O)CC[C@H]5[C@H]2COC(=O)C2)O[C@H](C)[C@H]1O[C@H]1O[C@@H](CO)[C@H](O)[C@@H](O)[C@@H]1O. The number of aliphatic hydroxyl groups excluding tert-OH is 4. The molecular formula is C38H58O14. The second kappa shape index (κ2) is 14.4. The Bertz CT molecular complexity index is 1360. The highest BCUT2D eigenvalue weighted by Crippen LogP contribution is 2.70. The van der Waals surface area contributed by atoms with E-state index in [1.54, 1.807) is 6.92 Å². The molecule has 3 saturated heterocycles. The number of carbonyl (C=O) groups is 3. The Morgan fingerprint density at radius 3 is 2.27 bits per heavy atom. The van der Waals surface area contributed by atoms with Crippen molar-refractivity contribution in [2.24, 2.45) is 39.9 Å². The number of carbonyl (C=O) groups excluding carboxylic acids is 3. The number of fused-ring (bicyclic) bond motifs is 3. The highest BCUT2D eigenvalue weighted by Gasteiger charge is 2.69. The molecule has 7 fully saturated rings. The standard InChI is InChI=1S/C38H58O14/c1-18-32(52-34-31(44)30(43)29(42)25(16-39)51-34)24(46-5)15-28(48-18)50-23-8-10-36(3)22(33(23)49-19(2)40)7-13-38-12-6-21(20-14-27(41)47-17-20)37(4,35(38)45)11-9-26(36)38/h18,20-26,28-34,39,42-44H,6-17H2,1-5H3/t18-,20-,21+,22+,23+,24-,25+,26+,28+,29+,30-,31+,32-,33+,34-,36-,37-,38+/m1/s1. The smallest absolute Gasteiger partial charge is 0.306 e. The van der Waals surface area contributed by atoms with Crippen molar-refractivity contribution in [2.75, 3.05) is 20.3 Å². The number of aliphatic hydroxyl groups is 4. The fourth-order valence-corrected chi connectivity index (χ4v) is 12.2. The second-order valence-electron chi connectivity index (χ2n) is 17.3. The lowest BCUT2D eigenvalue weighted by molar-refractivity contribution is -0.347. The van der Waals surface area contributed by atoms with Crippen molar-refractivity contribution in [1.82, 2.24) is 0 Å². The van der Waals surface area contributed by atoms with E-state index in [0.717, 1.165) is 44.9 Å². The van der Waals surface area contributed by atoms with Gasteiger partial charge in [0, 0.05) is 43.1 Å². The fraction of sp³-hybridized carbons (Fsp3) is 0.921. The molecule has 0 aromatic carbocycles. The molecule has 3 heterocycles. The molecule has 14 heteroatoms. The minimum absolute atomic E-state index is 0.0111. The van der Waals surface area contributed by atoms with E-state index < -0.39 is 85.0 Å². The summed E-state index contributed by atoms with van der Waals surface area (Å²) in [5, 5.41) is 40.6. The molecule has 0 radical (unpaired) electrons. The van der Waals surface area contributed by atoms with Crippen LogP contribution >= 0.6 is 0 Å². The van der Waals surface area contributed by atoms with E-state index in [9.17, 15) is 34.8 Å². The van der Waals surface area contributed by atoms with Gasteiger partial charge in [-0.1, -0.05) is 13.8 Å². The van der Waals surface area contributed by atoms with Gasteiger partial charge in [0.1, 0.15) is 42.4 Å². The van der Waals surface area contributed by atoms with E-state index in [1.807, 2.05) is 0 Å². The van der Waals surface area contributed by atoms with E-state index >= 15 is 0 Å². The third kappa shape index (κ3) is 6.25. The van der Waals surface area contributed by atoms with Gasteiger partial charge in [0.2, 0.25) is 0 Å². The van der Waals surface area contributed by atoms with Gasteiger partial charge in [0.25, 0.3) is 0 Å². The van der Waals surface area contributed by atoms with Gasteiger partial charge in [-0.15, -0.1) is 0 Å². The van der Waals surface area contributed by atoms with Gasteiger partial charge in [0.15, 0.2) is 12.6 Å². The zero-order chi connectivity index (χ0) is 37.3. The highest BCUT2D eigenvalue weighted by molar-refractivity contribution is 5.92. The molecule has 4 N–H and O–H groups in total. The van der Waals surface area contributed by atoms with Crippen molar-refractivity contribution in [3.05, 3.63) is 0 Å². The predicted octanol–water partition coefficient (Wildman–Crippen LogP) is 1.79. The Kier molecular flexibility index (Phi) is 10.7. The number of methoxy groups -OCH3 is 1. The normalized spacial score (nSPS) is 52.0. The number of ketones is 1. The first-order chi connectivity index (χ1) is 24.7. The van der Waals surface area contributed by atoms with Crippen LogP contribution in [0.5, 0.6) is 0 Å². The van der Waals surface area contributed by atoms with E-state index in [1.165, 1.54) is 14.0 Å². The van der Waals surface area contributed by atoms with Crippen LogP contribution in [-0.4, -0.2) is 126 Å². The molecule has 0 aromatic rings. The van der Waals surface area contributed by atoms with Crippen molar-refractivity contribution >= 4 is 17.7 Å². The molecule has 0 aromatic heterocycles. The molecule has 2 bridgehead atoms. The first kappa shape index (κ1) is 38.5. The van der Waals surface area contributed by atoms with Crippen LogP contribution in [0.4, 0.5) is 0 Å². The Hall–Kier alpha value is -1.75. The molecular weight excluding hydrogens is 680 g/mol. The zero-order valence-corrected chi connectivity index (χ0v) is 31.0. The molecule has 0 amide bonds. The molecule has 7 rings (SSSR count). The summed E-state index contributed by atoms with van der Waals surface area (Å²) in [5.74, 6) is 0.214. The third-order valence-electron chi connectivity index (χ3n) is 14.7. The van der Waals surface area contributed by atoms with Crippen molar-refractivity contribution in [2.45, 2.75) is 159 Å². The molecule has 7 aliphatic rings. The van der Waals surface area contributed by atoms with Crippen LogP contribution in [0.15, 0.2) is 0 Å².